The summed E-state index contributed by atoms with van der Waals surface area (Å²) in [7, 11) is 0. The standard InChI is InChI=1S/C16H20N2O3/c1-11-6-4-5-7-12(11)8-13-17-18-14(21-13)9-16(2,3)10-15(19)20/h4-7H,8-10H2,1-3H3,(H,19,20). The molecule has 5 nitrogen and oxygen atoms in total. The van der Waals surface area contributed by atoms with Gasteiger partial charge >= 0.3 is 5.97 Å². The van der Waals surface area contributed by atoms with Gasteiger partial charge in [-0.1, -0.05) is 38.1 Å². The Bertz CT molecular complexity index is 632. The molecule has 0 spiro atoms. The Morgan fingerprint density at radius 2 is 1.90 bits per heavy atom. The molecule has 5 heteroatoms. The van der Waals surface area contributed by atoms with Gasteiger partial charge in [-0.15, -0.1) is 10.2 Å². The average molecular weight is 288 g/mol. The summed E-state index contributed by atoms with van der Waals surface area (Å²) in [4.78, 5) is 10.8. The number of rotatable bonds is 6. The largest absolute Gasteiger partial charge is 0.481 e. The number of benzene rings is 1. The number of aromatic nitrogens is 2. The van der Waals surface area contributed by atoms with E-state index >= 15 is 0 Å². The minimum absolute atomic E-state index is 0.0719. The highest BCUT2D eigenvalue weighted by Gasteiger charge is 2.25. The first kappa shape index (κ1) is 15.2. The lowest BCUT2D eigenvalue weighted by atomic mass is 9.86. The van der Waals surface area contributed by atoms with Crippen molar-refractivity contribution in [3.8, 4) is 0 Å². The monoisotopic (exact) mass is 288 g/mol. The van der Waals surface area contributed by atoms with Gasteiger partial charge in [0.15, 0.2) is 0 Å². The van der Waals surface area contributed by atoms with Crippen molar-refractivity contribution in [2.45, 2.75) is 40.0 Å². The molecule has 2 rings (SSSR count). The van der Waals surface area contributed by atoms with Crippen LogP contribution in [-0.4, -0.2) is 21.3 Å². The summed E-state index contributed by atoms with van der Waals surface area (Å²) in [6.45, 7) is 5.81. The smallest absolute Gasteiger partial charge is 0.303 e. The van der Waals surface area contributed by atoms with Crippen molar-refractivity contribution < 1.29 is 14.3 Å². The third-order valence-electron chi connectivity index (χ3n) is 3.37. The Morgan fingerprint density at radius 1 is 1.24 bits per heavy atom. The van der Waals surface area contributed by atoms with Crippen LogP contribution in [0.2, 0.25) is 0 Å². The maximum atomic E-state index is 10.8. The number of hydrogen-bond donors (Lipinski definition) is 1. The molecule has 1 aromatic carbocycles. The van der Waals surface area contributed by atoms with Gasteiger partial charge in [0.2, 0.25) is 11.8 Å². The van der Waals surface area contributed by atoms with Crippen molar-refractivity contribution in [2.24, 2.45) is 5.41 Å². The van der Waals surface area contributed by atoms with Crippen molar-refractivity contribution >= 4 is 5.97 Å². The van der Waals surface area contributed by atoms with Gasteiger partial charge in [-0.3, -0.25) is 4.79 Å². The number of carboxylic acids is 1. The average Bonchev–Trinajstić information content (AvgIpc) is 2.77. The Labute approximate surface area is 124 Å². The Hall–Kier alpha value is -2.17. The van der Waals surface area contributed by atoms with Crippen molar-refractivity contribution in [2.75, 3.05) is 0 Å². The Morgan fingerprint density at radius 3 is 2.57 bits per heavy atom. The molecule has 0 aliphatic carbocycles. The first-order valence-electron chi connectivity index (χ1n) is 6.93. The van der Waals surface area contributed by atoms with Gasteiger partial charge in [0.05, 0.1) is 12.8 Å². The molecule has 0 aliphatic rings. The fraction of sp³-hybridized carbons (Fsp3) is 0.438. The topological polar surface area (TPSA) is 76.2 Å². The van der Waals surface area contributed by atoms with Crippen LogP contribution in [0, 0.1) is 12.3 Å². The zero-order valence-corrected chi connectivity index (χ0v) is 12.6. The van der Waals surface area contributed by atoms with E-state index in [1.54, 1.807) is 0 Å². The molecule has 112 valence electrons. The minimum atomic E-state index is -0.820. The number of carboxylic acid groups (broad SMARTS) is 1. The lowest BCUT2D eigenvalue weighted by molar-refractivity contribution is -0.139. The maximum absolute atomic E-state index is 10.8. The van der Waals surface area contributed by atoms with Crippen molar-refractivity contribution in [3.05, 3.63) is 47.2 Å². The summed E-state index contributed by atoms with van der Waals surface area (Å²) in [5.74, 6) is 0.231. The molecular formula is C16H20N2O3. The van der Waals surface area contributed by atoms with Crippen molar-refractivity contribution in [3.63, 3.8) is 0 Å². The van der Waals surface area contributed by atoms with Crippen LogP contribution in [-0.2, 0) is 17.6 Å². The fourth-order valence-corrected chi connectivity index (χ4v) is 2.28. The van der Waals surface area contributed by atoms with E-state index in [2.05, 4.69) is 10.2 Å². The highest BCUT2D eigenvalue weighted by molar-refractivity contribution is 5.67. The van der Waals surface area contributed by atoms with E-state index in [9.17, 15) is 4.79 Å². The molecule has 0 saturated carbocycles. The highest BCUT2D eigenvalue weighted by Crippen LogP contribution is 2.25. The summed E-state index contributed by atoms with van der Waals surface area (Å²) >= 11 is 0. The SMILES string of the molecule is Cc1ccccc1Cc1nnc(CC(C)(C)CC(=O)O)o1. The van der Waals surface area contributed by atoms with E-state index in [0.717, 1.165) is 5.56 Å². The molecule has 0 atom stereocenters. The molecule has 0 bridgehead atoms. The molecule has 0 fully saturated rings. The van der Waals surface area contributed by atoms with Crippen LogP contribution in [0.15, 0.2) is 28.7 Å². The van der Waals surface area contributed by atoms with Crippen LogP contribution in [0.25, 0.3) is 0 Å². The third kappa shape index (κ3) is 4.41. The van der Waals surface area contributed by atoms with Crippen LogP contribution in [0.4, 0.5) is 0 Å². The summed E-state index contributed by atoms with van der Waals surface area (Å²) in [6.07, 6.45) is 1.13. The normalized spacial score (nSPS) is 11.6. The molecule has 0 saturated heterocycles. The van der Waals surface area contributed by atoms with Crippen LogP contribution >= 0.6 is 0 Å². The zero-order valence-electron chi connectivity index (χ0n) is 12.6. The number of hydrogen-bond acceptors (Lipinski definition) is 4. The van der Waals surface area contributed by atoms with Gasteiger partial charge in [0.1, 0.15) is 0 Å². The minimum Gasteiger partial charge on any atom is -0.481 e. The summed E-state index contributed by atoms with van der Waals surface area (Å²) in [5.41, 5.74) is 1.93. The van der Waals surface area contributed by atoms with Gasteiger partial charge in [-0.2, -0.15) is 0 Å². The summed E-state index contributed by atoms with van der Waals surface area (Å²) < 4.78 is 5.64. The van der Waals surface area contributed by atoms with E-state index in [0.29, 0.717) is 24.6 Å². The Kier molecular flexibility index (Phi) is 4.40. The predicted molar refractivity (Wildman–Crippen MR) is 78.0 cm³/mol. The number of nitrogens with zero attached hydrogens (tertiary/aromatic N) is 2. The van der Waals surface area contributed by atoms with E-state index in [1.165, 1.54) is 5.56 Å². The Balaban J connectivity index is 2.05. The van der Waals surface area contributed by atoms with Crippen LogP contribution in [0.3, 0.4) is 0 Å². The van der Waals surface area contributed by atoms with Gasteiger partial charge in [-0.05, 0) is 23.5 Å². The first-order chi connectivity index (χ1) is 9.85. The van der Waals surface area contributed by atoms with Crippen LogP contribution in [0.1, 0.15) is 43.2 Å². The lowest BCUT2D eigenvalue weighted by Gasteiger charge is -2.19. The number of aliphatic carboxylic acids is 1. The van der Waals surface area contributed by atoms with E-state index in [-0.39, 0.29) is 6.42 Å². The second-order valence-corrected chi connectivity index (χ2v) is 6.10. The number of carbonyl (C=O) groups is 1. The van der Waals surface area contributed by atoms with Gasteiger partial charge in [0.25, 0.3) is 0 Å². The molecule has 21 heavy (non-hydrogen) atoms. The third-order valence-corrected chi connectivity index (χ3v) is 3.37. The highest BCUT2D eigenvalue weighted by atomic mass is 16.4. The van der Waals surface area contributed by atoms with Crippen molar-refractivity contribution in [1.29, 1.82) is 0 Å². The van der Waals surface area contributed by atoms with E-state index < -0.39 is 11.4 Å². The maximum Gasteiger partial charge on any atom is 0.303 e. The zero-order chi connectivity index (χ0) is 15.5. The molecule has 1 aromatic heterocycles. The second kappa shape index (κ2) is 6.08. The predicted octanol–water partition coefficient (Wildman–Crippen LogP) is 3.01. The molecule has 1 N–H and O–H groups in total. The van der Waals surface area contributed by atoms with Gasteiger partial charge in [-0.25, -0.2) is 0 Å². The second-order valence-electron chi connectivity index (χ2n) is 6.10. The number of aryl methyl sites for hydroxylation is 1. The summed E-state index contributed by atoms with van der Waals surface area (Å²) in [6, 6.07) is 8.05. The quantitative estimate of drug-likeness (QED) is 0.884. The van der Waals surface area contributed by atoms with Crippen LogP contribution in [0.5, 0.6) is 0 Å². The molecule has 0 amide bonds. The molecule has 1 heterocycles. The van der Waals surface area contributed by atoms with Crippen LogP contribution < -0.4 is 0 Å². The summed E-state index contributed by atoms with van der Waals surface area (Å²) in [5, 5.41) is 17.0. The van der Waals surface area contributed by atoms with E-state index in [1.807, 2.05) is 45.0 Å². The fourth-order valence-electron chi connectivity index (χ4n) is 2.28. The lowest BCUT2D eigenvalue weighted by Crippen LogP contribution is -2.19. The molecule has 0 unspecified atom stereocenters. The van der Waals surface area contributed by atoms with Gasteiger partial charge in [0, 0.05) is 6.42 Å². The molecule has 0 aliphatic heterocycles. The van der Waals surface area contributed by atoms with Crippen molar-refractivity contribution in [1.82, 2.24) is 10.2 Å². The first-order valence-corrected chi connectivity index (χ1v) is 6.93. The van der Waals surface area contributed by atoms with E-state index in [4.69, 9.17) is 9.52 Å². The molecular weight excluding hydrogens is 268 g/mol. The van der Waals surface area contributed by atoms with Gasteiger partial charge < -0.3 is 9.52 Å². The molecule has 2 aromatic rings. The molecule has 0 radical (unpaired) electrons.